The minimum atomic E-state index is -0.354. The van der Waals surface area contributed by atoms with Crippen molar-refractivity contribution in [3.63, 3.8) is 0 Å². The number of fused-ring (bicyclic) bond motifs is 1. The Hall–Kier alpha value is -3.20. The highest BCUT2D eigenvalue weighted by Gasteiger charge is 2.25. The van der Waals surface area contributed by atoms with E-state index >= 15 is 0 Å². The zero-order valence-electron chi connectivity index (χ0n) is 14.9. The Kier molecular flexibility index (Phi) is 4.09. The number of anilines is 2. The average molecular weight is 394 g/mol. The number of nitrogens with one attached hydrogen (secondary N) is 3. The fourth-order valence-electron chi connectivity index (χ4n) is 3.11. The fourth-order valence-corrected chi connectivity index (χ4v) is 3.76. The Balaban J connectivity index is 1.52. The summed E-state index contributed by atoms with van der Waals surface area (Å²) in [7, 11) is 0. The number of hydrogen-bond donors (Lipinski definition) is 3. The van der Waals surface area contributed by atoms with Crippen LogP contribution in [0.3, 0.4) is 0 Å². The van der Waals surface area contributed by atoms with Gasteiger partial charge in [-0.3, -0.25) is 14.9 Å². The Labute approximate surface area is 164 Å². The van der Waals surface area contributed by atoms with Crippen LogP contribution < -0.4 is 16.0 Å². The molecule has 1 aliphatic carbocycles. The summed E-state index contributed by atoms with van der Waals surface area (Å²) in [6.07, 6.45) is 5.73. The molecule has 0 bridgehead atoms. The van der Waals surface area contributed by atoms with Crippen molar-refractivity contribution in [1.82, 2.24) is 19.9 Å². The van der Waals surface area contributed by atoms with Crippen molar-refractivity contribution in [2.24, 2.45) is 0 Å². The molecular formula is C19H18N6O2S. The predicted octanol–water partition coefficient (Wildman–Crippen LogP) is 2.41. The smallest absolute Gasteiger partial charge is 0.254 e. The van der Waals surface area contributed by atoms with Gasteiger partial charge in [0.1, 0.15) is 11.6 Å². The van der Waals surface area contributed by atoms with Crippen LogP contribution in [0, 0.1) is 0 Å². The number of rotatable bonds is 6. The van der Waals surface area contributed by atoms with Gasteiger partial charge in [0, 0.05) is 28.1 Å². The van der Waals surface area contributed by atoms with Gasteiger partial charge < -0.3 is 10.6 Å². The van der Waals surface area contributed by atoms with Gasteiger partial charge in [-0.15, -0.1) is 11.3 Å². The molecule has 28 heavy (non-hydrogen) atoms. The molecule has 1 saturated heterocycles. The Morgan fingerprint density at radius 1 is 1.36 bits per heavy atom. The first-order chi connectivity index (χ1) is 13.7. The standard InChI is InChI=1S/C19H18N6O2S/c26-17-7-11(19(27)24-17)6-12-9-21-25-16(22-13-3-4-13)8-15(23-18(12)25)20-10-14-2-1-5-28-14/h1-2,5-6,8-9,13,22H,3-4,7,10H2,(H,20,23)(H,24,26,27). The van der Waals surface area contributed by atoms with E-state index in [9.17, 15) is 9.59 Å². The number of carbonyl (C=O) groups excluding carboxylic acids is 2. The van der Waals surface area contributed by atoms with E-state index in [0.717, 1.165) is 24.5 Å². The third-order valence-electron chi connectivity index (χ3n) is 4.68. The molecule has 9 heteroatoms. The van der Waals surface area contributed by atoms with E-state index < -0.39 is 0 Å². The van der Waals surface area contributed by atoms with Gasteiger partial charge in [0.05, 0.1) is 19.2 Å². The molecule has 0 unspecified atom stereocenters. The summed E-state index contributed by atoms with van der Waals surface area (Å²) in [5.41, 5.74) is 1.77. The van der Waals surface area contributed by atoms with Crippen LogP contribution in [-0.2, 0) is 16.1 Å². The molecule has 0 aromatic carbocycles. The van der Waals surface area contributed by atoms with E-state index in [4.69, 9.17) is 4.98 Å². The molecule has 3 N–H and O–H groups in total. The van der Waals surface area contributed by atoms with Crippen LogP contribution in [-0.4, -0.2) is 32.5 Å². The minimum absolute atomic E-state index is 0.0830. The summed E-state index contributed by atoms with van der Waals surface area (Å²) in [6, 6.07) is 6.51. The van der Waals surface area contributed by atoms with Gasteiger partial charge in [0.15, 0.2) is 5.65 Å². The van der Waals surface area contributed by atoms with Gasteiger partial charge in [0.2, 0.25) is 5.91 Å². The lowest BCUT2D eigenvalue weighted by atomic mass is 10.1. The molecule has 2 fully saturated rings. The number of hydrogen-bond acceptors (Lipinski definition) is 7. The summed E-state index contributed by atoms with van der Waals surface area (Å²) in [4.78, 5) is 29.3. The van der Waals surface area contributed by atoms with E-state index in [2.05, 4.69) is 27.1 Å². The Bertz CT molecular complexity index is 1100. The zero-order valence-corrected chi connectivity index (χ0v) is 15.8. The first kappa shape index (κ1) is 16.9. The Morgan fingerprint density at radius 2 is 2.25 bits per heavy atom. The number of aromatic nitrogens is 3. The second-order valence-corrected chi connectivity index (χ2v) is 7.97. The lowest BCUT2D eigenvalue weighted by molar-refractivity contribution is -0.124. The van der Waals surface area contributed by atoms with Gasteiger partial charge in [0.25, 0.3) is 5.91 Å². The van der Waals surface area contributed by atoms with Crippen molar-refractivity contribution in [3.05, 3.63) is 45.8 Å². The van der Waals surface area contributed by atoms with Crippen LogP contribution in [0.2, 0.25) is 0 Å². The largest absolute Gasteiger partial charge is 0.367 e. The normalized spacial score (nSPS) is 18.1. The van der Waals surface area contributed by atoms with Gasteiger partial charge in [-0.25, -0.2) is 4.98 Å². The van der Waals surface area contributed by atoms with Crippen LogP contribution >= 0.6 is 11.3 Å². The molecule has 1 aliphatic heterocycles. The number of nitrogens with zero attached hydrogens (tertiary/aromatic N) is 3. The van der Waals surface area contributed by atoms with Gasteiger partial charge in [-0.2, -0.15) is 9.61 Å². The van der Waals surface area contributed by atoms with Crippen molar-refractivity contribution < 1.29 is 9.59 Å². The predicted molar refractivity (Wildman–Crippen MR) is 107 cm³/mol. The molecular weight excluding hydrogens is 376 g/mol. The van der Waals surface area contributed by atoms with Crippen LogP contribution in [0.1, 0.15) is 29.7 Å². The van der Waals surface area contributed by atoms with Crippen molar-refractivity contribution in [2.45, 2.75) is 31.8 Å². The summed E-state index contributed by atoms with van der Waals surface area (Å²) < 4.78 is 1.75. The van der Waals surface area contributed by atoms with Crippen LogP contribution in [0.5, 0.6) is 0 Å². The van der Waals surface area contributed by atoms with E-state index in [1.54, 1.807) is 28.1 Å². The second-order valence-electron chi connectivity index (χ2n) is 6.94. The van der Waals surface area contributed by atoms with Crippen molar-refractivity contribution >= 4 is 46.5 Å². The van der Waals surface area contributed by atoms with Crippen molar-refractivity contribution in [3.8, 4) is 0 Å². The summed E-state index contributed by atoms with van der Waals surface area (Å²) >= 11 is 1.69. The molecule has 0 spiro atoms. The summed E-state index contributed by atoms with van der Waals surface area (Å²) in [6.45, 7) is 0.686. The van der Waals surface area contributed by atoms with Gasteiger partial charge in [-0.1, -0.05) is 6.07 Å². The van der Waals surface area contributed by atoms with E-state index in [-0.39, 0.29) is 18.2 Å². The number of imide groups is 1. The lowest BCUT2D eigenvalue weighted by Crippen LogP contribution is -2.19. The molecule has 4 heterocycles. The third-order valence-corrected chi connectivity index (χ3v) is 5.55. The SMILES string of the molecule is O=C1CC(=Cc2cnn3c(NC4CC4)cc(NCc4cccs4)nc23)C(=O)N1. The van der Waals surface area contributed by atoms with Gasteiger partial charge in [-0.05, 0) is 30.4 Å². The highest BCUT2D eigenvalue weighted by molar-refractivity contribution is 7.09. The maximum absolute atomic E-state index is 11.9. The minimum Gasteiger partial charge on any atom is -0.367 e. The van der Waals surface area contributed by atoms with E-state index in [1.807, 2.05) is 17.5 Å². The fraction of sp³-hybridized carbons (Fsp3) is 0.263. The van der Waals surface area contributed by atoms with E-state index in [1.165, 1.54) is 4.88 Å². The highest BCUT2D eigenvalue weighted by Crippen LogP contribution is 2.28. The molecule has 2 amide bonds. The van der Waals surface area contributed by atoms with Crippen molar-refractivity contribution in [2.75, 3.05) is 10.6 Å². The van der Waals surface area contributed by atoms with Crippen LogP contribution in [0.25, 0.3) is 11.7 Å². The first-order valence-corrected chi connectivity index (χ1v) is 10.00. The lowest BCUT2D eigenvalue weighted by Gasteiger charge is -2.11. The summed E-state index contributed by atoms with van der Waals surface area (Å²) in [5.74, 6) is 0.955. The highest BCUT2D eigenvalue weighted by atomic mass is 32.1. The molecule has 2 aliphatic rings. The molecule has 8 nitrogen and oxygen atoms in total. The monoisotopic (exact) mass is 394 g/mol. The molecule has 0 atom stereocenters. The topological polar surface area (TPSA) is 100 Å². The molecule has 3 aromatic heterocycles. The molecule has 142 valence electrons. The Morgan fingerprint density at radius 3 is 2.96 bits per heavy atom. The number of carbonyl (C=O) groups is 2. The quantitative estimate of drug-likeness (QED) is 0.439. The number of amides is 2. The molecule has 0 radical (unpaired) electrons. The average Bonchev–Trinajstić information content (AvgIpc) is 3.05. The zero-order chi connectivity index (χ0) is 19.1. The van der Waals surface area contributed by atoms with Gasteiger partial charge >= 0.3 is 0 Å². The van der Waals surface area contributed by atoms with Crippen LogP contribution in [0.15, 0.2) is 35.3 Å². The molecule has 5 rings (SSSR count). The summed E-state index contributed by atoms with van der Waals surface area (Å²) in [5, 5.41) is 15.6. The first-order valence-electron chi connectivity index (χ1n) is 9.12. The van der Waals surface area contributed by atoms with Crippen molar-refractivity contribution in [1.29, 1.82) is 0 Å². The van der Waals surface area contributed by atoms with E-state index in [0.29, 0.717) is 29.4 Å². The molecule has 3 aromatic rings. The number of thiophene rings is 1. The molecule has 1 saturated carbocycles. The third kappa shape index (κ3) is 3.36. The van der Waals surface area contributed by atoms with Crippen LogP contribution in [0.4, 0.5) is 11.6 Å². The maximum Gasteiger partial charge on any atom is 0.254 e. The second kappa shape index (κ2) is 6.75. The maximum atomic E-state index is 11.9.